The van der Waals surface area contributed by atoms with E-state index in [0.717, 1.165) is 16.0 Å². The van der Waals surface area contributed by atoms with E-state index in [0.29, 0.717) is 33.6 Å². The van der Waals surface area contributed by atoms with Crippen LogP contribution in [0.25, 0.3) is 11.3 Å². The Morgan fingerprint density at radius 3 is 2.40 bits per heavy atom. The first kappa shape index (κ1) is 24.4. The first-order valence-corrected chi connectivity index (χ1v) is 11.9. The van der Waals surface area contributed by atoms with Gasteiger partial charge in [0, 0.05) is 28.6 Å². The predicted molar refractivity (Wildman–Crippen MR) is 136 cm³/mol. The number of hydrogen-bond acceptors (Lipinski definition) is 5. The Morgan fingerprint density at radius 2 is 1.71 bits per heavy atom. The van der Waals surface area contributed by atoms with Crippen LogP contribution < -0.4 is 4.90 Å². The first-order valence-electron chi connectivity index (χ1n) is 10.6. The predicted octanol–water partition coefficient (Wildman–Crippen LogP) is 6.10. The molecule has 4 rings (SSSR count). The summed E-state index contributed by atoms with van der Waals surface area (Å²) in [4.78, 5) is 31.0. The molecule has 4 aromatic rings. The quantitative estimate of drug-likeness (QED) is 0.311. The van der Waals surface area contributed by atoms with Crippen LogP contribution in [0.5, 0.6) is 0 Å². The molecule has 0 atom stereocenters. The van der Waals surface area contributed by atoms with E-state index in [4.69, 9.17) is 21.7 Å². The molecule has 0 radical (unpaired) electrons. The second-order valence-corrected chi connectivity index (χ2v) is 9.03. The Labute approximate surface area is 210 Å². The molecule has 1 amide bonds. The maximum atomic E-state index is 14.8. The number of aliphatic carboxylic acids is 1. The number of halogens is 2. The molecular weight excluding hydrogens is 489 g/mol. The van der Waals surface area contributed by atoms with Gasteiger partial charge in [-0.2, -0.15) is 0 Å². The van der Waals surface area contributed by atoms with Gasteiger partial charge in [0.2, 0.25) is 0 Å². The zero-order valence-corrected chi connectivity index (χ0v) is 20.3. The van der Waals surface area contributed by atoms with Gasteiger partial charge >= 0.3 is 5.97 Å². The molecule has 0 aliphatic rings. The number of anilines is 2. The number of likely N-dealkylation sites (N-methyl/N-ethyl adjacent to an activating group) is 1. The van der Waals surface area contributed by atoms with Gasteiger partial charge in [0.25, 0.3) is 5.91 Å². The molecule has 0 unspecified atom stereocenters. The summed E-state index contributed by atoms with van der Waals surface area (Å²) < 4.78 is 14.8. The van der Waals surface area contributed by atoms with E-state index < -0.39 is 11.9 Å². The minimum absolute atomic E-state index is 0.301. The maximum Gasteiger partial charge on any atom is 0.323 e. The van der Waals surface area contributed by atoms with Crippen molar-refractivity contribution in [3.63, 3.8) is 0 Å². The lowest BCUT2D eigenvalue weighted by Gasteiger charge is -2.23. The Morgan fingerprint density at radius 1 is 1.03 bits per heavy atom. The number of carboxylic acid groups (broad SMARTS) is 1. The van der Waals surface area contributed by atoms with Crippen LogP contribution in [0.4, 0.5) is 15.2 Å². The Balaban J connectivity index is 1.63. The number of carboxylic acids is 1. The van der Waals surface area contributed by atoms with E-state index in [1.54, 1.807) is 53.4 Å². The van der Waals surface area contributed by atoms with E-state index in [1.807, 2.05) is 23.6 Å². The van der Waals surface area contributed by atoms with Crippen LogP contribution in [0.2, 0.25) is 5.02 Å². The summed E-state index contributed by atoms with van der Waals surface area (Å²) in [7, 11) is 1.43. The van der Waals surface area contributed by atoms with Gasteiger partial charge in [-0.25, -0.2) is 9.37 Å². The van der Waals surface area contributed by atoms with Crippen LogP contribution >= 0.6 is 22.9 Å². The van der Waals surface area contributed by atoms with Gasteiger partial charge in [-0.15, -0.1) is 11.3 Å². The fraction of sp³-hybridized carbons (Fsp3) is 0.115. The number of carbonyl (C=O) groups is 2. The highest BCUT2D eigenvalue weighted by molar-refractivity contribution is 7.14. The van der Waals surface area contributed by atoms with Crippen molar-refractivity contribution < 1.29 is 19.1 Å². The van der Waals surface area contributed by atoms with Crippen molar-refractivity contribution in [2.24, 2.45) is 0 Å². The van der Waals surface area contributed by atoms with E-state index in [9.17, 15) is 14.0 Å². The molecule has 0 spiro atoms. The minimum Gasteiger partial charge on any atom is -0.480 e. The van der Waals surface area contributed by atoms with E-state index >= 15 is 0 Å². The van der Waals surface area contributed by atoms with Crippen LogP contribution in [0.3, 0.4) is 0 Å². The lowest BCUT2D eigenvalue weighted by atomic mass is 10.1. The SMILES string of the molecule is CN(CC(=O)O)C(=O)c1ccc(CN(c2nc(-c3ccccc3Cl)cs2)c2ccccc2F)cc1. The molecule has 178 valence electrons. The Kier molecular flexibility index (Phi) is 7.43. The molecule has 3 aromatic carbocycles. The second kappa shape index (κ2) is 10.7. The summed E-state index contributed by atoms with van der Waals surface area (Å²) in [5, 5.41) is 12.0. The van der Waals surface area contributed by atoms with Gasteiger partial charge < -0.3 is 14.9 Å². The Hall–Kier alpha value is -3.75. The van der Waals surface area contributed by atoms with Crippen molar-refractivity contribution in [3.8, 4) is 11.3 Å². The maximum absolute atomic E-state index is 14.8. The molecule has 0 aliphatic carbocycles. The summed E-state index contributed by atoms with van der Waals surface area (Å²) in [6.07, 6.45) is 0. The average molecular weight is 510 g/mol. The fourth-order valence-corrected chi connectivity index (χ4v) is 4.61. The van der Waals surface area contributed by atoms with Crippen LogP contribution in [0, 0.1) is 5.82 Å². The smallest absolute Gasteiger partial charge is 0.323 e. The second-order valence-electron chi connectivity index (χ2n) is 7.78. The van der Waals surface area contributed by atoms with Crippen molar-refractivity contribution in [3.05, 3.63) is 100 Å². The zero-order chi connectivity index (χ0) is 24.9. The minimum atomic E-state index is -1.09. The molecule has 0 saturated carbocycles. The first-order chi connectivity index (χ1) is 16.8. The summed E-state index contributed by atoms with van der Waals surface area (Å²) in [6, 6.07) is 20.7. The van der Waals surface area contributed by atoms with Crippen LogP contribution in [0.15, 0.2) is 78.2 Å². The number of aromatic nitrogens is 1. The van der Waals surface area contributed by atoms with Gasteiger partial charge in [0.15, 0.2) is 5.13 Å². The molecule has 9 heteroatoms. The number of hydrogen-bond donors (Lipinski definition) is 1. The molecule has 1 aromatic heterocycles. The topological polar surface area (TPSA) is 73.7 Å². The van der Waals surface area contributed by atoms with Crippen molar-refractivity contribution >= 4 is 45.6 Å². The zero-order valence-electron chi connectivity index (χ0n) is 18.7. The molecule has 0 bridgehead atoms. The van der Waals surface area contributed by atoms with Crippen LogP contribution in [-0.4, -0.2) is 40.5 Å². The summed E-state index contributed by atoms with van der Waals surface area (Å²) in [6.45, 7) is -0.0880. The van der Waals surface area contributed by atoms with E-state index in [1.165, 1.54) is 24.5 Å². The number of amides is 1. The number of carbonyl (C=O) groups excluding carboxylic acids is 1. The van der Waals surface area contributed by atoms with Gasteiger partial charge in [-0.05, 0) is 35.9 Å². The lowest BCUT2D eigenvalue weighted by Crippen LogP contribution is -2.31. The van der Waals surface area contributed by atoms with Crippen LogP contribution in [0.1, 0.15) is 15.9 Å². The van der Waals surface area contributed by atoms with Crippen LogP contribution in [-0.2, 0) is 11.3 Å². The number of thiazole rings is 1. The van der Waals surface area contributed by atoms with Crippen molar-refractivity contribution in [2.45, 2.75) is 6.54 Å². The summed E-state index contributed by atoms with van der Waals surface area (Å²) in [5.41, 5.74) is 3.04. The molecular formula is C26H21ClFN3O3S. The average Bonchev–Trinajstić information content (AvgIpc) is 3.32. The normalized spacial score (nSPS) is 10.7. The lowest BCUT2D eigenvalue weighted by molar-refractivity contribution is -0.137. The molecule has 35 heavy (non-hydrogen) atoms. The highest BCUT2D eigenvalue weighted by Gasteiger charge is 2.20. The molecule has 1 heterocycles. The summed E-state index contributed by atoms with van der Waals surface area (Å²) in [5.74, 6) is -1.86. The number of para-hydroxylation sites is 1. The standard InChI is InChI=1S/C26H21ClFN3O3S/c1-30(15-24(32)33)25(34)18-12-10-17(11-13-18)14-31(23-9-5-4-8-21(23)28)26-29-22(16-35-26)19-6-2-3-7-20(19)27/h2-13,16H,14-15H2,1H3,(H,32,33). The molecule has 1 N–H and O–H groups in total. The molecule has 0 aliphatic heterocycles. The third-order valence-electron chi connectivity index (χ3n) is 5.28. The monoisotopic (exact) mass is 509 g/mol. The number of benzene rings is 3. The third-order valence-corrected chi connectivity index (χ3v) is 6.47. The number of nitrogens with zero attached hydrogens (tertiary/aromatic N) is 3. The highest BCUT2D eigenvalue weighted by Crippen LogP contribution is 2.36. The largest absolute Gasteiger partial charge is 0.480 e. The van der Waals surface area contributed by atoms with Gasteiger partial charge in [-0.1, -0.05) is 54.1 Å². The third kappa shape index (κ3) is 5.67. The van der Waals surface area contributed by atoms with Crippen molar-refractivity contribution in [2.75, 3.05) is 18.5 Å². The molecule has 0 fully saturated rings. The van der Waals surface area contributed by atoms with E-state index in [2.05, 4.69) is 0 Å². The molecule has 6 nitrogen and oxygen atoms in total. The Bertz CT molecular complexity index is 1360. The van der Waals surface area contributed by atoms with Crippen molar-refractivity contribution in [1.29, 1.82) is 0 Å². The number of rotatable bonds is 8. The van der Waals surface area contributed by atoms with Gasteiger partial charge in [-0.3, -0.25) is 9.59 Å². The summed E-state index contributed by atoms with van der Waals surface area (Å²) >= 11 is 7.71. The van der Waals surface area contributed by atoms with E-state index in [-0.39, 0.29) is 12.4 Å². The van der Waals surface area contributed by atoms with Gasteiger partial charge in [0.05, 0.1) is 17.9 Å². The van der Waals surface area contributed by atoms with Crippen molar-refractivity contribution in [1.82, 2.24) is 9.88 Å². The fourth-order valence-electron chi connectivity index (χ4n) is 3.54. The van der Waals surface area contributed by atoms with Gasteiger partial charge in [0.1, 0.15) is 12.4 Å². The molecule has 0 saturated heterocycles. The highest BCUT2D eigenvalue weighted by atomic mass is 35.5.